The fourth-order valence-corrected chi connectivity index (χ4v) is 5.44. The van der Waals surface area contributed by atoms with Gasteiger partial charge in [-0.05, 0) is 50.2 Å². The Morgan fingerprint density at radius 2 is 1.56 bits per heavy atom. The second-order valence-electron chi connectivity index (χ2n) is 8.89. The zero-order chi connectivity index (χ0) is 24.9. The van der Waals surface area contributed by atoms with Crippen LogP contribution in [-0.4, -0.2) is 19.1 Å². The molecule has 6 rings (SSSR count). The van der Waals surface area contributed by atoms with Gasteiger partial charge >= 0.3 is 5.97 Å². The molecule has 180 valence electrons. The Balaban J connectivity index is 1.58. The molecule has 2 aliphatic heterocycles. The van der Waals surface area contributed by atoms with Gasteiger partial charge in [-0.2, -0.15) is 0 Å². The monoisotopic (exact) mass is 496 g/mol. The van der Waals surface area contributed by atoms with E-state index >= 15 is 0 Å². The van der Waals surface area contributed by atoms with Gasteiger partial charge in [0.05, 0.1) is 16.3 Å². The van der Waals surface area contributed by atoms with Crippen LogP contribution < -0.4 is 15.0 Å². The number of carbonyl (C=O) groups is 1. The summed E-state index contributed by atoms with van der Waals surface area (Å²) in [6, 6.07) is 27.2. The van der Waals surface area contributed by atoms with Gasteiger partial charge in [-0.1, -0.05) is 48.0 Å². The molecular formula is C30H25ClN2O3. The molecule has 0 saturated carbocycles. The largest absolute Gasteiger partial charge is 0.456 e. The van der Waals surface area contributed by atoms with Crippen molar-refractivity contribution in [2.24, 2.45) is 0 Å². The standard InChI is InChI=1S/C30H25ClN2O3/c1-3-33(4-2)20-14-15-23-27(16-20)35-28-18-25(31)26(32-19-10-6-5-7-11-19)17-24(28)30(23)22-13-9-8-12-21(22)29(34)36-30/h5-18,32H,3-4H2,1-2H3/t30-/m0/s1. The summed E-state index contributed by atoms with van der Waals surface area (Å²) in [4.78, 5) is 15.4. The van der Waals surface area contributed by atoms with Gasteiger partial charge < -0.3 is 19.7 Å². The number of para-hydroxylation sites is 1. The average molecular weight is 497 g/mol. The van der Waals surface area contributed by atoms with E-state index in [1.807, 2.05) is 72.8 Å². The van der Waals surface area contributed by atoms with Crippen molar-refractivity contribution in [3.8, 4) is 11.5 Å². The first kappa shape index (κ1) is 22.5. The highest BCUT2D eigenvalue weighted by Gasteiger charge is 2.53. The molecule has 1 spiro atoms. The normalized spacial score (nSPS) is 17.0. The molecule has 36 heavy (non-hydrogen) atoms. The number of carbonyl (C=O) groups excluding carboxylic acids is 1. The van der Waals surface area contributed by atoms with Crippen LogP contribution in [0.1, 0.15) is 40.9 Å². The summed E-state index contributed by atoms with van der Waals surface area (Å²) in [5.41, 5.74) is 4.37. The molecule has 2 aliphatic rings. The molecular weight excluding hydrogens is 472 g/mol. The molecule has 0 unspecified atom stereocenters. The van der Waals surface area contributed by atoms with E-state index in [0.29, 0.717) is 27.8 Å². The lowest BCUT2D eigenvalue weighted by Crippen LogP contribution is -2.33. The first-order chi connectivity index (χ1) is 17.5. The van der Waals surface area contributed by atoms with Gasteiger partial charge in [0.2, 0.25) is 0 Å². The number of fused-ring (bicyclic) bond motifs is 6. The van der Waals surface area contributed by atoms with E-state index < -0.39 is 5.60 Å². The minimum atomic E-state index is -1.14. The third-order valence-corrected chi connectivity index (χ3v) is 7.28. The first-order valence-electron chi connectivity index (χ1n) is 12.1. The minimum absolute atomic E-state index is 0.357. The third-order valence-electron chi connectivity index (χ3n) is 6.97. The number of hydrogen-bond donors (Lipinski definition) is 1. The lowest BCUT2D eigenvalue weighted by molar-refractivity contribution is 0.0224. The molecule has 4 aromatic carbocycles. The van der Waals surface area contributed by atoms with E-state index in [2.05, 4.69) is 30.1 Å². The summed E-state index contributed by atoms with van der Waals surface area (Å²) in [7, 11) is 0. The Labute approximate surface area is 215 Å². The van der Waals surface area contributed by atoms with Gasteiger partial charge in [0, 0.05) is 53.3 Å². The number of hydrogen-bond acceptors (Lipinski definition) is 5. The number of esters is 1. The Hall–Kier alpha value is -3.96. The van der Waals surface area contributed by atoms with Crippen LogP contribution in [-0.2, 0) is 10.3 Å². The SMILES string of the molecule is CCN(CC)c1ccc2c(c1)Oc1cc(Cl)c(Nc3ccccc3)cc1[C@@]21OC(=O)c2ccccc21. The van der Waals surface area contributed by atoms with Crippen LogP contribution in [0.15, 0.2) is 84.9 Å². The van der Waals surface area contributed by atoms with E-state index in [4.69, 9.17) is 21.1 Å². The van der Waals surface area contributed by atoms with Crippen LogP contribution >= 0.6 is 11.6 Å². The van der Waals surface area contributed by atoms with Crippen molar-refractivity contribution < 1.29 is 14.3 Å². The fourth-order valence-electron chi connectivity index (χ4n) is 5.24. The maximum atomic E-state index is 13.2. The molecule has 6 heteroatoms. The number of nitrogens with zero attached hydrogens (tertiary/aromatic N) is 1. The highest BCUT2D eigenvalue weighted by molar-refractivity contribution is 6.33. The van der Waals surface area contributed by atoms with Crippen molar-refractivity contribution >= 4 is 34.6 Å². The number of ether oxygens (including phenoxy) is 2. The van der Waals surface area contributed by atoms with Gasteiger partial charge in [-0.3, -0.25) is 0 Å². The molecule has 0 amide bonds. The molecule has 1 N–H and O–H groups in total. The zero-order valence-corrected chi connectivity index (χ0v) is 20.8. The van der Waals surface area contributed by atoms with Crippen molar-refractivity contribution in [1.29, 1.82) is 0 Å². The summed E-state index contributed by atoms with van der Waals surface area (Å²) in [5, 5.41) is 3.90. The Bertz CT molecular complexity index is 1480. The fraction of sp³-hybridized carbons (Fsp3) is 0.167. The van der Waals surface area contributed by atoms with E-state index in [1.165, 1.54) is 0 Å². The van der Waals surface area contributed by atoms with Gasteiger partial charge in [0.25, 0.3) is 0 Å². The van der Waals surface area contributed by atoms with Gasteiger partial charge in [-0.25, -0.2) is 4.79 Å². The molecule has 0 radical (unpaired) electrons. The van der Waals surface area contributed by atoms with Crippen LogP contribution in [0.25, 0.3) is 0 Å². The number of anilines is 3. The maximum absolute atomic E-state index is 13.2. The Morgan fingerprint density at radius 3 is 2.33 bits per heavy atom. The minimum Gasteiger partial charge on any atom is -0.456 e. The molecule has 0 saturated heterocycles. The van der Waals surface area contributed by atoms with E-state index in [0.717, 1.165) is 41.2 Å². The van der Waals surface area contributed by atoms with Gasteiger partial charge in [-0.15, -0.1) is 0 Å². The molecule has 0 aliphatic carbocycles. The van der Waals surface area contributed by atoms with Crippen molar-refractivity contribution in [2.45, 2.75) is 19.4 Å². The summed E-state index contributed by atoms with van der Waals surface area (Å²) in [5.74, 6) is 0.855. The molecule has 0 bridgehead atoms. The molecule has 1 atom stereocenters. The van der Waals surface area contributed by atoms with Crippen LogP contribution in [0.5, 0.6) is 11.5 Å². The second-order valence-corrected chi connectivity index (χ2v) is 9.30. The molecule has 0 fully saturated rings. The maximum Gasteiger partial charge on any atom is 0.340 e. The summed E-state index contributed by atoms with van der Waals surface area (Å²) < 4.78 is 12.8. The quantitative estimate of drug-likeness (QED) is 0.290. The molecule has 2 heterocycles. The summed E-state index contributed by atoms with van der Waals surface area (Å²) >= 11 is 6.73. The predicted molar refractivity (Wildman–Crippen MR) is 143 cm³/mol. The summed E-state index contributed by atoms with van der Waals surface area (Å²) in [6.07, 6.45) is 0. The van der Waals surface area contributed by atoms with Crippen LogP contribution in [0.2, 0.25) is 5.02 Å². The van der Waals surface area contributed by atoms with Crippen LogP contribution in [0.3, 0.4) is 0 Å². The number of benzene rings is 4. The number of nitrogens with one attached hydrogen (secondary N) is 1. The van der Waals surface area contributed by atoms with Gasteiger partial charge in [0.15, 0.2) is 5.60 Å². The van der Waals surface area contributed by atoms with Crippen molar-refractivity contribution in [1.82, 2.24) is 0 Å². The van der Waals surface area contributed by atoms with E-state index in [-0.39, 0.29) is 5.97 Å². The summed E-state index contributed by atoms with van der Waals surface area (Å²) in [6.45, 7) is 5.98. The first-order valence-corrected chi connectivity index (χ1v) is 12.5. The topological polar surface area (TPSA) is 50.8 Å². The predicted octanol–water partition coefficient (Wildman–Crippen LogP) is 7.50. The highest BCUT2D eigenvalue weighted by Crippen LogP contribution is 2.57. The molecule has 5 nitrogen and oxygen atoms in total. The lowest BCUT2D eigenvalue weighted by atomic mass is 9.77. The molecule has 0 aromatic heterocycles. The van der Waals surface area contributed by atoms with E-state index in [9.17, 15) is 4.79 Å². The lowest BCUT2D eigenvalue weighted by Gasteiger charge is -2.37. The molecule has 4 aromatic rings. The van der Waals surface area contributed by atoms with Crippen molar-refractivity contribution in [3.05, 3.63) is 112 Å². The third kappa shape index (κ3) is 3.34. The van der Waals surface area contributed by atoms with Gasteiger partial charge in [0.1, 0.15) is 11.5 Å². The van der Waals surface area contributed by atoms with E-state index in [1.54, 1.807) is 6.07 Å². The van der Waals surface area contributed by atoms with Crippen LogP contribution in [0.4, 0.5) is 17.1 Å². The average Bonchev–Trinajstić information content (AvgIpc) is 3.19. The van der Waals surface area contributed by atoms with Crippen LogP contribution in [0, 0.1) is 0 Å². The van der Waals surface area contributed by atoms with Crippen molar-refractivity contribution in [2.75, 3.05) is 23.3 Å². The number of halogens is 1. The second kappa shape index (κ2) is 8.61. The Kier molecular flexibility index (Phi) is 5.38. The number of rotatable bonds is 5. The smallest absolute Gasteiger partial charge is 0.340 e. The van der Waals surface area contributed by atoms with Crippen molar-refractivity contribution in [3.63, 3.8) is 0 Å². The zero-order valence-electron chi connectivity index (χ0n) is 20.0. The Morgan fingerprint density at radius 1 is 0.833 bits per heavy atom. The highest BCUT2D eigenvalue weighted by atomic mass is 35.5.